The van der Waals surface area contributed by atoms with Crippen molar-refractivity contribution in [1.29, 1.82) is 0 Å². The van der Waals surface area contributed by atoms with Crippen molar-refractivity contribution in [3.05, 3.63) is 12.2 Å². The van der Waals surface area contributed by atoms with Crippen molar-refractivity contribution in [2.75, 3.05) is 0 Å². The fraction of sp³-hybridized carbons (Fsp3) is 0.786. The van der Waals surface area contributed by atoms with E-state index in [9.17, 15) is 4.79 Å². The molecule has 0 spiro atoms. The molecule has 0 aromatic carbocycles. The van der Waals surface area contributed by atoms with E-state index in [-0.39, 0.29) is 5.41 Å². The SMILES string of the molecule is CC(C)CC(=O)C(C)(C)[C@@H]1C=CCCC1. The molecule has 1 rings (SSSR count). The molecule has 1 atom stereocenters. The van der Waals surface area contributed by atoms with Crippen molar-refractivity contribution in [1.82, 2.24) is 0 Å². The molecule has 1 aliphatic rings. The van der Waals surface area contributed by atoms with E-state index >= 15 is 0 Å². The summed E-state index contributed by atoms with van der Waals surface area (Å²) in [6, 6.07) is 0. The summed E-state index contributed by atoms with van der Waals surface area (Å²) >= 11 is 0. The van der Waals surface area contributed by atoms with Crippen LogP contribution in [0.3, 0.4) is 0 Å². The molecule has 0 aromatic rings. The first-order valence-electron chi connectivity index (χ1n) is 6.14. The van der Waals surface area contributed by atoms with Gasteiger partial charge in [-0.1, -0.05) is 39.8 Å². The van der Waals surface area contributed by atoms with E-state index in [4.69, 9.17) is 0 Å². The average molecular weight is 208 g/mol. The van der Waals surface area contributed by atoms with Crippen molar-refractivity contribution in [2.45, 2.75) is 53.4 Å². The first-order valence-corrected chi connectivity index (χ1v) is 6.14. The maximum absolute atomic E-state index is 12.1. The highest BCUT2D eigenvalue weighted by atomic mass is 16.1. The molecule has 0 radical (unpaired) electrons. The summed E-state index contributed by atoms with van der Waals surface area (Å²) in [5.41, 5.74) is -0.165. The van der Waals surface area contributed by atoms with Crippen LogP contribution in [0.25, 0.3) is 0 Å². The molecular weight excluding hydrogens is 184 g/mol. The van der Waals surface area contributed by atoms with Gasteiger partial charge in [0, 0.05) is 11.8 Å². The Kier molecular flexibility index (Phi) is 4.12. The molecule has 1 aliphatic carbocycles. The minimum absolute atomic E-state index is 0.165. The number of allylic oxidation sites excluding steroid dienone is 2. The zero-order chi connectivity index (χ0) is 11.5. The minimum Gasteiger partial charge on any atom is -0.299 e. The molecule has 0 bridgehead atoms. The molecule has 86 valence electrons. The molecule has 0 fully saturated rings. The number of rotatable bonds is 4. The van der Waals surface area contributed by atoms with Gasteiger partial charge in [0.2, 0.25) is 0 Å². The Morgan fingerprint density at radius 3 is 2.60 bits per heavy atom. The lowest BCUT2D eigenvalue weighted by Gasteiger charge is -2.33. The van der Waals surface area contributed by atoms with E-state index in [2.05, 4.69) is 39.8 Å². The third kappa shape index (κ3) is 3.19. The lowest BCUT2D eigenvalue weighted by atomic mass is 9.70. The van der Waals surface area contributed by atoms with Crippen molar-refractivity contribution < 1.29 is 4.79 Å². The van der Waals surface area contributed by atoms with Crippen LogP contribution in [-0.4, -0.2) is 5.78 Å². The Bertz CT molecular complexity index is 248. The molecule has 15 heavy (non-hydrogen) atoms. The maximum atomic E-state index is 12.1. The summed E-state index contributed by atoms with van der Waals surface area (Å²) in [6.45, 7) is 8.45. The van der Waals surface area contributed by atoms with Crippen LogP contribution < -0.4 is 0 Å². The van der Waals surface area contributed by atoms with Gasteiger partial charge in [0.25, 0.3) is 0 Å². The van der Waals surface area contributed by atoms with Gasteiger partial charge in [-0.15, -0.1) is 0 Å². The Morgan fingerprint density at radius 2 is 2.13 bits per heavy atom. The molecule has 1 heteroatoms. The fourth-order valence-electron chi connectivity index (χ4n) is 2.25. The van der Waals surface area contributed by atoms with Crippen LogP contribution in [0.15, 0.2) is 12.2 Å². The topological polar surface area (TPSA) is 17.1 Å². The molecule has 0 saturated carbocycles. The Hall–Kier alpha value is -0.590. The number of carbonyl (C=O) groups excluding carboxylic acids is 1. The van der Waals surface area contributed by atoms with E-state index < -0.39 is 0 Å². The lowest BCUT2D eigenvalue weighted by Crippen LogP contribution is -2.33. The molecule has 0 unspecified atom stereocenters. The summed E-state index contributed by atoms with van der Waals surface area (Å²) in [7, 11) is 0. The van der Waals surface area contributed by atoms with E-state index in [1.165, 1.54) is 19.3 Å². The standard InChI is InChI=1S/C14H24O/c1-11(2)10-13(15)14(3,4)12-8-6-5-7-9-12/h6,8,11-12H,5,7,9-10H2,1-4H3/t12-/m1/s1. The summed E-state index contributed by atoms with van der Waals surface area (Å²) in [5, 5.41) is 0. The van der Waals surface area contributed by atoms with Gasteiger partial charge in [-0.25, -0.2) is 0 Å². The lowest BCUT2D eigenvalue weighted by molar-refractivity contribution is -0.129. The predicted molar refractivity (Wildman–Crippen MR) is 64.7 cm³/mol. The Labute approximate surface area is 93.9 Å². The van der Waals surface area contributed by atoms with Crippen LogP contribution in [0.1, 0.15) is 53.4 Å². The average Bonchev–Trinajstić information content (AvgIpc) is 2.18. The van der Waals surface area contributed by atoms with Crippen LogP contribution in [0.5, 0.6) is 0 Å². The summed E-state index contributed by atoms with van der Waals surface area (Å²) in [4.78, 5) is 12.1. The van der Waals surface area contributed by atoms with Crippen molar-refractivity contribution >= 4 is 5.78 Å². The quantitative estimate of drug-likeness (QED) is 0.639. The molecule has 1 nitrogen and oxygen atoms in total. The zero-order valence-electron chi connectivity index (χ0n) is 10.5. The summed E-state index contributed by atoms with van der Waals surface area (Å²) < 4.78 is 0. The van der Waals surface area contributed by atoms with Crippen molar-refractivity contribution in [3.63, 3.8) is 0 Å². The van der Waals surface area contributed by atoms with Crippen molar-refractivity contribution in [3.8, 4) is 0 Å². The van der Waals surface area contributed by atoms with Gasteiger partial charge >= 0.3 is 0 Å². The van der Waals surface area contributed by atoms with Crippen LogP contribution >= 0.6 is 0 Å². The summed E-state index contributed by atoms with van der Waals surface area (Å²) in [6.07, 6.45) is 8.80. The number of Topliss-reactive ketones (excluding diaryl/α,β-unsaturated/α-hetero) is 1. The van der Waals surface area contributed by atoms with E-state index in [1.807, 2.05) is 0 Å². The fourth-order valence-corrected chi connectivity index (χ4v) is 2.25. The Morgan fingerprint density at radius 1 is 1.47 bits per heavy atom. The predicted octanol–water partition coefficient (Wildman–Crippen LogP) is 3.98. The molecule has 0 amide bonds. The first-order chi connectivity index (χ1) is 6.94. The van der Waals surface area contributed by atoms with Gasteiger partial charge in [0.1, 0.15) is 5.78 Å². The second kappa shape index (κ2) is 4.96. The zero-order valence-corrected chi connectivity index (χ0v) is 10.5. The van der Waals surface area contributed by atoms with E-state index in [0.29, 0.717) is 17.6 Å². The normalized spacial score (nSPS) is 22.1. The highest BCUT2D eigenvalue weighted by Gasteiger charge is 2.35. The van der Waals surface area contributed by atoms with Crippen molar-refractivity contribution in [2.24, 2.45) is 17.3 Å². The number of hydrogen-bond donors (Lipinski definition) is 0. The third-order valence-corrected chi connectivity index (χ3v) is 3.49. The second-order valence-corrected chi connectivity index (χ2v) is 5.71. The molecule has 0 N–H and O–H groups in total. The van der Waals surface area contributed by atoms with Gasteiger partial charge in [0.15, 0.2) is 0 Å². The monoisotopic (exact) mass is 208 g/mol. The van der Waals surface area contributed by atoms with Gasteiger partial charge in [0.05, 0.1) is 0 Å². The smallest absolute Gasteiger partial charge is 0.139 e. The largest absolute Gasteiger partial charge is 0.299 e. The molecule has 0 saturated heterocycles. The molecule has 0 aromatic heterocycles. The van der Waals surface area contributed by atoms with Crippen LogP contribution in [0.4, 0.5) is 0 Å². The highest BCUT2D eigenvalue weighted by Crippen LogP contribution is 2.36. The van der Waals surface area contributed by atoms with Gasteiger partial charge in [-0.2, -0.15) is 0 Å². The number of hydrogen-bond acceptors (Lipinski definition) is 1. The van der Waals surface area contributed by atoms with Gasteiger partial charge in [-0.3, -0.25) is 4.79 Å². The highest BCUT2D eigenvalue weighted by molar-refractivity contribution is 5.84. The molecular formula is C14H24O. The second-order valence-electron chi connectivity index (χ2n) is 5.71. The van der Waals surface area contributed by atoms with Crippen LogP contribution in [0, 0.1) is 17.3 Å². The van der Waals surface area contributed by atoms with Gasteiger partial charge < -0.3 is 0 Å². The van der Waals surface area contributed by atoms with Crippen LogP contribution in [-0.2, 0) is 4.79 Å². The summed E-state index contributed by atoms with van der Waals surface area (Å²) in [5.74, 6) is 1.36. The number of carbonyl (C=O) groups is 1. The first kappa shape index (κ1) is 12.5. The molecule has 0 aliphatic heterocycles. The Balaban J connectivity index is 2.67. The third-order valence-electron chi connectivity index (χ3n) is 3.49. The minimum atomic E-state index is -0.165. The van der Waals surface area contributed by atoms with Gasteiger partial charge in [-0.05, 0) is 31.1 Å². The maximum Gasteiger partial charge on any atom is 0.139 e. The molecule has 0 heterocycles. The van der Waals surface area contributed by atoms with E-state index in [0.717, 1.165) is 6.42 Å². The van der Waals surface area contributed by atoms with Crippen LogP contribution in [0.2, 0.25) is 0 Å². The van der Waals surface area contributed by atoms with E-state index in [1.54, 1.807) is 0 Å². The number of ketones is 1.